The second-order valence-electron chi connectivity index (χ2n) is 7.32. The predicted octanol–water partition coefficient (Wildman–Crippen LogP) is 3.23. The lowest BCUT2D eigenvalue weighted by Gasteiger charge is -2.36. The SMILES string of the molecule is O=C(NC1CCCC2(CCN(c3cccc(Cl)c3)C2=O)C1)c1cnccn1. The van der Waals surface area contributed by atoms with Crippen LogP contribution >= 0.6 is 11.6 Å². The highest BCUT2D eigenvalue weighted by Gasteiger charge is 2.49. The average Bonchev–Trinajstić information content (AvgIpc) is 2.98. The number of carbonyl (C=O) groups is 2. The number of halogens is 1. The smallest absolute Gasteiger partial charge is 0.271 e. The Morgan fingerprint density at radius 1 is 1.30 bits per heavy atom. The topological polar surface area (TPSA) is 75.2 Å². The Labute approximate surface area is 163 Å². The van der Waals surface area contributed by atoms with Gasteiger partial charge in [-0.05, 0) is 43.9 Å². The lowest BCUT2D eigenvalue weighted by molar-refractivity contribution is -0.127. The van der Waals surface area contributed by atoms with Gasteiger partial charge in [-0.15, -0.1) is 0 Å². The second-order valence-corrected chi connectivity index (χ2v) is 7.76. The van der Waals surface area contributed by atoms with Crippen molar-refractivity contribution in [3.63, 3.8) is 0 Å². The van der Waals surface area contributed by atoms with Gasteiger partial charge in [-0.3, -0.25) is 14.6 Å². The van der Waals surface area contributed by atoms with Crippen LogP contribution in [0.4, 0.5) is 5.69 Å². The molecule has 6 nitrogen and oxygen atoms in total. The number of rotatable bonds is 3. The highest BCUT2D eigenvalue weighted by molar-refractivity contribution is 6.31. The molecule has 1 aliphatic carbocycles. The standard InChI is InChI=1S/C20H21ClN4O2/c21-14-3-1-5-16(11-14)25-10-7-20(19(25)27)6-2-4-15(12-20)24-18(26)17-13-22-8-9-23-17/h1,3,5,8-9,11,13,15H,2,4,6-7,10,12H2,(H,24,26). The van der Waals surface area contributed by atoms with E-state index in [2.05, 4.69) is 15.3 Å². The van der Waals surface area contributed by atoms with Gasteiger partial charge in [-0.25, -0.2) is 4.98 Å². The van der Waals surface area contributed by atoms with Gasteiger partial charge in [-0.2, -0.15) is 0 Å². The summed E-state index contributed by atoms with van der Waals surface area (Å²) in [5.41, 5.74) is 0.742. The largest absolute Gasteiger partial charge is 0.348 e. The molecule has 1 aliphatic heterocycles. The van der Waals surface area contributed by atoms with Crippen molar-refractivity contribution in [2.24, 2.45) is 5.41 Å². The van der Waals surface area contributed by atoms with Crippen LogP contribution in [0.2, 0.25) is 5.02 Å². The van der Waals surface area contributed by atoms with E-state index in [1.54, 1.807) is 6.07 Å². The van der Waals surface area contributed by atoms with Crippen LogP contribution in [0, 0.1) is 5.41 Å². The Balaban J connectivity index is 1.47. The maximum Gasteiger partial charge on any atom is 0.271 e. The van der Waals surface area contributed by atoms with E-state index in [1.165, 1.54) is 18.6 Å². The number of amides is 2. The average molecular weight is 385 g/mol. The van der Waals surface area contributed by atoms with Crippen LogP contribution in [0.3, 0.4) is 0 Å². The number of carbonyl (C=O) groups excluding carboxylic acids is 2. The molecule has 2 aromatic rings. The summed E-state index contributed by atoms with van der Waals surface area (Å²) >= 11 is 6.09. The van der Waals surface area contributed by atoms with E-state index >= 15 is 0 Å². The Bertz CT molecular complexity index is 860. The first-order valence-electron chi connectivity index (χ1n) is 9.22. The highest BCUT2D eigenvalue weighted by Crippen LogP contribution is 2.46. The van der Waals surface area contributed by atoms with Crippen molar-refractivity contribution in [1.29, 1.82) is 0 Å². The molecule has 1 saturated carbocycles. The van der Waals surface area contributed by atoms with Crippen LogP contribution in [0.15, 0.2) is 42.9 Å². The molecular weight excluding hydrogens is 364 g/mol. The van der Waals surface area contributed by atoms with Gasteiger partial charge >= 0.3 is 0 Å². The fourth-order valence-electron chi connectivity index (χ4n) is 4.29. The molecule has 0 radical (unpaired) electrons. The first kappa shape index (κ1) is 17.9. The Morgan fingerprint density at radius 3 is 2.96 bits per heavy atom. The van der Waals surface area contributed by atoms with Crippen LogP contribution in [-0.4, -0.2) is 34.4 Å². The van der Waals surface area contributed by atoms with Crippen LogP contribution in [0.5, 0.6) is 0 Å². The van der Waals surface area contributed by atoms with Gasteiger partial charge in [0.15, 0.2) is 0 Å². The fraction of sp³-hybridized carbons (Fsp3) is 0.400. The molecule has 4 rings (SSSR count). The summed E-state index contributed by atoms with van der Waals surface area (Å²) in [6.07, 6.45) is 8.61. The zero-order valence-corrected chi connectivity index (χ0v) is 15.7. The van der Waals surface area contributed by atoms with Crippen molar-refractivity contribution in [3.05, 3.63) is 53.6 Å². The van der Waals surface area contributed by atoms with Crippen LogP contribution in [0.1, 0.15) is 42.6 Å². The summed E-state index contributed by atoms with van der Waals surface area (Å²) in [5, 5.41) is 3.66. The molecule has 27 heavy (non-hydrogen) atoms. The lowest BCUT2D eigenvalue weighted by atomic mass is 9.71. The van der Waals surface area contributed by atoms with E-state index in [-0.39, 0.29) is 17.9 Å². The number of nitrogens with one attached hydrogen (secondary N) is 1. The third-order valence-electron chi connectivity index (χ3n) is 5.61. The van der Waals surface area contributed by atoms with E-state index in [4.69, 9.17) is 11.6 Å². The van der Waals surface area contributed by atoms with Gasteiger partial charge in [0.1, 0.15) is 5.69 Å². The molecule has 7 heteroatoms. The zero-order valence-electron chi connectivity index (χ0n) is 14.9. The molecule has 2 amide bonds. The lowest BCUT2D eigenvalue weighted by Crippen LogP contribution is -2.46. The monoisotopic (exact) mass is 384 g/mol. The predicted molar refractivity (Wildman–Crippen MR) is 103 cm³/mol. The van der Waals surface area contributed by atoms with Crippen LogP contribution in [0.25, 0.3) is 0 Å². The van der Waals surface area contributed by atoms with Crippen LogP contribution in [-0.2, 0) is 4.79 Å². The minimum atomic E-state index is -0.402. The number of benzene rings is 1. The van der Waals surface area contributed by atoms with Crippen molar-refractivity contribution < 1.29 is 9.59 Å². The summed E-state index contributed by atoms with van der Waals surface area (Å²) in [6.45, 7) is 0.685. The van der Waals surface area contributed by atoms with E-state index in [9.17, 15) is 9.59 Å². The number of hydrogen-bond donors (Lipinski definition) is 1. The summed E-state index contributed by atoms with van der Waals surface area (Å²) in [6, 6.07) is 7.38. The van der Waals surface area contributed by atoms with Crippen molar-refractivity contribution in [1.82, 2.24) is 15.3 Å². The molecular formula is C20H21ClN4O2. The molecule has 2 heterocycles. The Kier molecular flexibility index (Phi) is 4.83. The molecule has 2 unspecified atom stereocenters. The maximum absolute atomic E-state index is 13.2. The maximum atomic E-state index is 13.2. The zero-order chi connectivity index (χ0) is 18.9. The highest BCUT2D eigenvalue weighted by atomic mass is 35.5. The summed E-state index contributed by atoms with van der Waals surface area (Å²) in [5.74, 6) is -0.0921. The normalized spacial score (nSPS) is 25.0. The van der Waals surface area contributed by atoms with E-state index in [1.807, 2.05) is 23.1 Å². The number of hydrogen-bond acceptors (Lipinski definition) is 4. The van der Waals surface area contributed by atoms with E-state index in [0.717, 1.165) is 31.4 Å². The van der Waals surface area contributed by atoms with Gasteiger partial charge in [-0.1, -0.05) is 24.1 Å². The number of anilines is 1. The first-order valence-corrected chi connectivity index (χ1v) is 9.60. The van der Waals surface area contributed by atoms with Crippen molar-refractivity contribution in [2.45, 2.75) is 38.1 Å². The van der Waals surface area contributed by atoms with Gasteiger partial charge in [0.2, 0.25) is 5.91 Å². The molecule has 2 aliphatic rings. The molecule has 1 N–H and O–H groups in total. The van der Waals surface area contributed by atoms with Crippen molar-refractivity contribution in [3.8, 4) is 0 Å². The third-order valence-corrected chi connectivity index (χ3v) is 5.84. The van der Waals surface area contributed by atoms with E-state index < -0.39 is 5.41 Å². The van der Waals surface area contributed by atoms with Crippen LogP contribution < -0.4 is 10.2 Å². The third kappa shape index (κ3) is 3.54. The summed E-state index contributed by atoms with van der Waals surface area (Å²) in [4.78, 5) is 35.5. The fourth-order valence-corrected chi connectivity index (χ4v) is 4.48. The van der Waals surface area contributed by atoms with Gasteiger partial charge < -0.3 is 10.2 Å². The number of nitrogens with zero attached hydrogens (tertiary/aromatic N) is 3. The second kappa shape index (κ2) is 7.27. The molecule has 1 spiro atoms. The summed E-state index contributed by atoms with van der Waals surface area (Å²) < 4.78 is 0. The molecule has 2 fully saturated rings. The van der Waals surface area contributed by atoms with E-state index in [0.29, 0.717) is 23.7 Å². The van der Waals surface area contributed by atoms with Gasteiger partial charge in [0, 0.05) is 35.7 Å². The molecule has 140 valence electrons. The van der Waals surface area contributed by atoms with Crippen molar-refractivity contribution in [2.75, 3.05) is 11.4 Å². The van der Waals surface area contributed by atoms with Gasteiger partial charge in [0.05, 0.1) is 11.6 Å². The van der Waals surface area contributed by atoms with Crippen molar-refractivity contribution >= 4 is 29.1 Å². The Morgan fingerprint density at radius 2 is 2.19 bits per heavy atom. The minimum absolute atomic E-state index is 0.0310. The summed E-state index contributed by atoms with van der Waals surface area (Å²) in [7, 11) is 0. The quantitative estimate of drug-likeness (QED) is 0.881. The minimum Gasteiger partial charge on any atom is -0.348 e. The first-order chi connectivity index (χ1) is 13.1. The van der Waals surface area contributed by atoms with Gasteiger partial charge in [0.25, 0.3) is 5.91 Å². The molecule has 1 aromatic carbocycles. The molecule has 1 saturated heterocycles. The molecule has 2 atom stereocenters. The molecule has 1 aromatic heterocycles. The Hall–Kier alpha value is -2.47. The number of aromatic nitrogens is 2. The molecule has 0 bridgehead atoms.